The number of aryl methyl sites for hydroxylation is 1. The maximum atomic E-state index is 12.9. The minimum Gasteiger partial charge on any atom is -0.354 e. The number of hydrogen-bond acceptors (Lipinski definition) is 6. The number of anilines is 1. The summed E-state index contributed by atoms with van der Waals surface area (Å²) >= 11 is 5.95. The van der Waals surface area contributed by atoms with Crippen LogP contribution in [0, 0.1) is 6.92 Å². The fourth-order valence-electron chi connectivity index (χ4n) is 3.15. The van der Waals surface area contributed by atoms with Crippen molar-refractivity contribution in [2.75, 3.05) is 31.1 Å². The zero-order chi connectivity index (χ0) is 19.7. The van der Waals surface area contributed by atoms with Crippen molar-refractivity contribution in [3.63, 3.8) is 0 Å². The molecular formula is C18H19ClN6O2S. The fourth-order valence-corrected chi connectivity index (χ4v) is 4.88. The SMILES string of the molecule is Cc1nc(N2CCN(S(=O)(=O)c3cccc(Cl)c3)CC2)cc(-n2cccn2)n1. The van der Waals surface area contributed by atoms with E-state index in [1.165, 1.54) is 10.4 Å². The van der Waals surface area contributed by atoms with Crippen molar-refractivity contribution in [1.82, 2.24) is 24.1 Å². The Hall–Kier alpha value is -2.49. The number of benzene rings is 1. The number of halogens is 1. The Morgan fingerprint density at radius 3 is 2.43 bits per heavy atom. The molecule has 0 bridgehead atoms. The van der Waals surface area contributed by atoms with E-state index in [1.807, 2.05) is 25.3 Å². The normalized spacial score (nSPS) is 15.7. The Morgan fingerprint density at radius 1 is 1.00 bits per heavy atom. The van der Waals surface area contributed by atoms with Crippen LogP contribution in [0.1, 0.15) is 5.82 Å². The zero-order valence-corrected chi connectivity index (χ0v) is 16.8. The van der Waals surface area contributed by atoms with Gasteiger partial charge in [0.25, 0.3) is 0 Å². The minimum atomic E-state index is -3.57. The monoisotopic (exact) mass is 418 g/mol. The lowest BCUT2D eigenvalue weighted by Crippen LogP contribution is -2.49. The first-order valence-corrected chi connectivity index (χ1v) is 10.6. The van der Waals surface area contributed by atoms with Gasteiger partial charge in [-0.1, -0.05) is 17.7 Å². The van der Waals surface area contributed by atoms with Gasteiger partial charge in [-0.15, -0.1) is 0 Å². The molecule has 3 aromatic rings. The second kappa shape index (κ2) is 7.50. The molecule has 1 aliphatic heterocycles. The van der Waals surface area contributed by atoms with Crippen LogP contribution in [0.2, 0.25) is 5.02 Å². The van der Waals surface area contributed by atoms with E-state index < -0.39 is 10.0 Å². The summed E-state index contributed by atoms with van der Waals surface area (Å²) in [5.74, 6) is 2.08. The first-order valence-electron chi connectivity index (χ1n) is 8.80. The third-order valence-corrected chi connectivity index (χ3v) is 6.68. The average Bonchev–Trinajstić information content (AvgIpc) is 3.22. The van der Waals surface area contributed by atoms with E-state index in [-0.39, 0.29) is 4.90 Å². The van der Waals surface area contributed by atoms with Crippen LogP contribution in [0.5, 0.6) is 0 Å². The van der Waals surface area contributed by atoms with E-state index >= 15 is 0 Å². The lowest BCUT2D eigenvalue weighted by atomic mass is 10.3. The standard InChI is InChI=1S/C18H19ClN6O2S/c1-14-21-17(13-18(22-14)25-7-3-6-20-25)23-8-10-24(11-9-23)28(26,27)16-5-2-4-15(19)12-16/h2-7,12-13H,8-11H2,1H3. The van der Waals surface area contributed by atoms with Gasteiger partial charge in [-0.3, -0.25) is 0 Å². The Balaban J connectivity index is 1.52. The molecule has 0 unspecified atom stereocenters. The summed E-state index contributed by atoms with van der Waals surface area (Å²) < 4.78 is 28.9. The molecule has 2 aromatic heterocycles. The molecule has 28 heavy (non-hydrogen) atoms. The van der Waals surface area contributed by atoms with Gasteiger partial charge in [-0.05, 0) is 31.2 Å². The summed E-state index contributed by atoms with van der Waals surface area (Å²) in [5.41, 5.74) is 0. The Morgan fingerprint density at radius 2 is 1.75 bits per heavy atom. The molecule has 0 saturated carbocycles. The van der Waals surface area contributed by atoms with Crippen molar-refractivity contribution in [1.29, 1.82) is 0 Å². The zero-order valence-electron chi connectivity index (χ0n) is 15.2. The molecule has 0 N–H and O–H groups in total. The quantitative estimate of drug-likeness (QED) is 0.645. The highest BCUT2D eigenvalue weighted by Crippen LogP contribution is 2.23. The molecule has 146 valence electrons. The van der Waals surface area contributed by atoms with E-state index in [4.69, 9.17) is 11.6 Å². The molecule has 8 nitrogen and oxygen atoms in total. The number of nitrogens with zero attached hydrogens (tertiary/aromatic N) is 6. The van der Waals surface area contributed by atoms with Crippen molar-refractivity contribution in [2.45, 2.75) is 11.8 Å². The molecule has 0 amide bonds. The smallest absolute Gasteiger partial charge is 0.243 e. The van der Waals surface area contributed by atoms with Crippen LogP contribution in [-0.4, -0.2) is 58.7 Å². The summed E-state index contributed by atoms with van der Waals surface area (Å²) in [5, 5.41) is 4.61. The van der Waals surface area contributed by atoms with Gasteiger partial charge in [-0.2, -0.15) is 9.40 Å². The van der Waals surface area contributed by atoms with Crippen LogP contribution in [0.25, 0.3) is 5.82 Å². The highest BCUT2D eigenvalue weighted by Gasteiger charge is 2.29. The van der Waals surface area contributed by atoms with Crippen molar-refractivity contribution in [3.05, 3.63) is 59.6 Å². The van der Waals surface area contributed by atoms with Gasteiger partial charge in [0.15, 0.2) is 5.82 Å². The molecule has 0 radical (unpaired) electrons. The summed E-state index contributed by atoms with van der Waals surface area (Å²) in [6, 6.07) is 10.0. The van der Waals surface area contributed by atoms with E-state index in [9.17, 15) is 8.42 Å². The summed E-state index contributed by atoms with van der Waals surface area (Å²) in [6.45, 7) is 3.64. The van der Waals surface area contributed by atoms with Crippen LogP contribution in [-0.2, 0) is 10.0 Å². The molecule has 1 saturated heterocycles. The van der Waals surface area contributed by atoms with Gasteiger partial charge in [0.2, 0.25) is 10.0 Å². The average molecular weight is 419 g/mol. The van der Waals surface area contributed by atoms with E-state index in [2.05, 4.69) is 20.0 Å². The lowest BCUT2D eigenvalue weighted by molar-refractivity contribution is 0.383. The number of sulfonamides is 1. The molecule has 1 aliphatic rings. The maximum Gasteiger partial charge on any atom is 0.243 e. The third-order valence-electron chi connectivity index (χ3n) is 4.55. The third kappa shape index (κ3) is 3.73. The van der Waals surface area contributed by atoms with Crippen LogP contribution in [0.4, 0.5) is 5.82 Å². The maximum absolute atomic E-state index is 12.9. The van der Waals surface area contributed by atoms with E-state index in [1.54, 1.807) is 29.1 Å². The molecular weight excluding hydrogens is 400 g/mol. The van der Waals surface area contributed by atoms with Crippen molar-refractivity contribution < 1.29 is 8.42 Å². The molecule has 0 aliphatic carbocycles. The van der Waals surface area contributed by atoms with Crippen molar-refractivity contribution >= 4 is 27.4 Å². The van der Waals surface area contributed by atoms with Gasteiger partial charge >= 0.3 is 0 Å². The van der Waals surface area contributed by atoms with Crippen molar-refractivity contribution in [2.24, 2.45) is 0 Å². The Labute approximate surface area is 168 Å². The summed E-state index contributed by atoms with van der Waals surface area (Å²) in [7, 11) is -3.57. The molecule has 4 rings (SSSR count). The summed E-state index contributed by atoms with van der Waals surface area (Å²) in [4.78, 5) is 11.2. The Bertz CT molecular complexity index is 1080. The molecule has 0 spiro atoms. The number of hydrogen-bond donors (Lipinski definition) is 0. The van der Waals surface area contributed by atoms with Crippen LogP contribution in [0.15, 0.2) is 53.7 Å². The van der Waals surface area contributed by atoms with Crippen molar-refractivity contribution in [3.8, 4) is 5.82 Å². The number of piperazine rings is 1. The molecule has 10 heteroatoms. The summed E-state index contributed by atoms with van der Waals surface area (Å²) in [6.07, 6.45) is 3.51. The van der Waals surface area contributed by atoms with Gasteiger partial charge in [0.05, 0.1) is 4.90 Å². The highest BCUT2D eigenvalue weighted by molar-refractivity contribution is 7.89. The number of aromatic nitrogens is 4. The topological polar surface area (TPSA) is 84.2 Å². The van der Waals surface area contributed by atoms with Gasteiger partial charge in [0.1, 0.15) is 11.6 Å². The van der Waals surface area contributed by atoms with E-state index in [0.717, 1.165) is 5.82 Å². The minimum absolute atomic E-state index is 0.215. The predicted molar refractivity (Wildman–Crippen MR) is 106 cm³/mol. The highest BCUT2D eigenvalue weighted by atomic mass is 35.5. The van der Waals surface area contributed by atoms with E-state index in [0.29, 0.717) is 42.8 Å². The predicted octanol–water partition coefficient (Wildman–Crippen LogP) is 2.14. The first kappa shape index (κ1) is 18.9. The first-order chi connectivity index (χ1) is 13.4. The van der Waals surface area contributed by atoms with Crippen LogP contribution >= 0.6 is 11.6 Å². The number of rotatable bonds is 4. The Kier molecular flexibility index (Phi) is 5.05. The molecule has 1 aromatic carbocycles. The second-order valence-electron chi connectivity index (χ2n) is 6.43. The molecule has 0 atom stereocenters. The largest absolute Gasteiger partial charge is 0.354 e. The van der Waals surface area contributed by atoms with Crippen LogP contribution in [0.3, 0.4) is 0 Å². The van der Waals surface area contributed by atoms with Crippen LogP contribution < -0.4 is 4.90 Å². The molecule has 3 heterocycles. The molecule has 1 fully saturated rings. The van der Waals surface area contributed by atoms with Gasteiger partial charge in [0, 0.05) is 49.7 Å². The fraction of sp³-hybridized carbons (Fsp3) is 0.278. The van der Waals surface area contributed by atoms with Gasteiger partial charge < -0.3 is 4.90 Å². The lowest BCUT2D eigenvalue weighted by Gasteiger charge is -2.34. The van der Waals surface area contributed by atoms with Gasteiger partial charge in [-0.25, -0.2) is 23.1 Å². The second-order valence-corrected chi connectivity index (χ2v) is 8.81.